The van der Waals surface area contributed by atoms with Gasteiger partial charge in [-0.25, -0.2) is 13.5 Å². The fourth-order valence-electron chi connectivity index (χ4n) is 1.54. The maximum absolute atomic E-state index is 13.2. The molecule has 0 spiro atoms. The Labute approximate surface area is 109 Å². The van der Waals surface area contributed by atoms with E-state index >= 15 is 0 Å². The van der Waals surface area contributed by atoms with Gasteiger partial charge in [-0.15, -0.1) is 5.10 Å². The van der Waals surface area contributed by atoms with Crippen LogP contribution in [0.4, 0.5) is 27.6 Å². The van der Waals surface area contributed by atoms with Crippen LogP contribution in [-0.2, 0) is 6.54 Å². The van der Waals surface area contributed by atoms with Crippen LogP contribution in [0.2, 0.25) is 0 Å². The number of anilines is 1. The lowest BCUT2D eigenvalue weighted by atomic mass is 10.1. The number of hydrogen-bond acceptors (Lipinski definition) is 4. The standard InChI is InChI=1S/C10H8F5N5/c11-6-3-5(8(16)4-7(6)12)9-17-18-19-20(9)2-1-10(13,14)15/h3-4H,1-2,16H2. The lowest BCUT2D eigenvalue weighted by Gasteiger charge is -2.09. The van der Waals surface area contributed by atoms with Crippen LogP contribution in [0.15, 0.2) is 12.1 Å². The van der Waals surface area contributed by atoms with E-state index in [-0.39, 0.29) is 17.1 Å². The van der Waals surface area contributed by atoms with Crippen molar-refractivity contribution in [1.82, 2.24) is 20.2 Å². The van der Waals surface area contributed by atoms with Gasteiger partial charge in [0.2, 0.25) is 0 Å². The van der Waals surface area contributed by atoms with Crippen LogP contribution in [0.25, 0.3) is 11.4 Å². The number of tetrazole rings is 1. The van der Waals surface area contributed by atoms with Crippen LogP contribution in [-0.4, -0.2) is 26.4 Å². The number of nitrogens with zero attached hydrogens (tertiary/aromatic N) is 4. The first kappa shape index (κ1) is 14.2. The maximum Gasteiger partial charge on any atom is 0.390 e. The third kappa shape index (κ3) is 3.00. The summed E-state index contributed by atoms with van der Waals surface area (Å²) in [5.74, 6) is -2.52. The number of aromatic nitrogens is 4. The minimum absolute atomic E-state index is 0.0731. The highest BCUT2D eigenvalue weighted by molar-refractivity contribution is 5.71. The smallest absolute Gasteiger partial charge is 0.390 e. The Hall–Kier alpha value is -2.26. The molecule has 2 aromatic rings. The first-order chi connectivity index (χ1) is 9.28. The van der Waals surface area contributed by atoms with Gasteiger partial charge in [-0.3, -0.25) is 0 Å². The summed E-state index contributed by atoms with van der Waals surface area (Å²) in [4.78, 5) is 0. The highest BCUT2D eigenvalue weighted by Gasteiger charge is 2.28. The zero-order chi connectivity index (χ0) is 14.9. The SMILES string of the molecule is Nc1cc(F)c(F)cc1-c1nnnn1CCC(F)(F)F. The molecule has 0 aliphatic heterocycles. The molecule has 0 amide bonds. The molecule has 0 aliphatic rings. The predicted octanol–water partition coefficient (Wildman–Crippen LogP) is 2.15. The van der Waals surface area contributed by atoms with Crippen molar-refractivity contribution in [1.29, 1.82) is 0 Å². The molecule has 1 aromatic heterocycles. The molecule has 20 heavy (non-hydrogen) atoms. The summed E-state index contributed by atoms with van der Waals surface area (Å²) >= 11 is 0. The first-order valence-corrected chi connectivity index (χ1v) is 5.36. The zero-order valence-corrected chi connectivity index (χ0v) is 9.82. The van der Waals surface area contributed by atoms with Crippen molar-refractivity contribution >= 4 is 5.69 Å². The largest absolute Gasteiger partial charge is 0.398 e. The average molecular weight is 293 g/mol. The predicted molar refractivity (Wildman–Crippen MR) is 58.3 cm³/mol. The van der Waals surface area contributed by atoms with Crippen LogP contribution in [0, 0.1) is 11.6 Å². The van der Waals surface area contributed by atoms with Crippen molar-refractivity contribution in [2.24, 2.45) is 0 Å². The van der Waals surface area contributed by atoms with Crippen LogP contribution in [0.3, 0.4) is 0 Å². The molecule has 0 bridgehead atoms. The third-order valence-electron chi connectivity index (χ3n) is 2.47. The van der Waals surface area contributed by atoms with Gasteiger partial charge in [-0.1, -0.05) is 0 Å². The number of aryl methyl sites for hydroxylation is 1. The van der Waals surface area contributed by atoms with E-state index in [1.54, 1.807) is 0 Å². The van der Waals surface area contributed by atoms with Crippen molar-refractivity contribution in [3.63, 3.8) is 0 Å². The Morgan fingerprint density at radius 1 is 1.15 bits per heavy atom. The molecule has 0 saturated heterocycles. The van der Waals surface area contributed by atoms with Crippen LogP contribution < -0.4 is 5.73 Å². The van der Waals surface area contributed by atoms with E-state index in [2.05, 4.69) is 15.5 Å². The Morgan fingerprint density at radius 2 is 1.80 bits per heavy atom. The molecule has 0 atom stereocenters. The molecule has 2 rings (SSSR count). The van der Waals surface area contributed by atoms with Gasteiger partial charge in [0, 0.05) is 17.3 Å². The van der Waals surface area contributed by atoms with E-state index in [0.717, 1.165) is 10.7 Å². The van der Waals surface area contributed by atoms with E-state index in [4.69, 9.17) is 5.73 Å². The Balaban J connectivity index is 2.35. The summed E-state index contributed by atoms with van der Waals surface area (Å²) in [7, 11) is 0. The first-order valence-electron chi connectivity index (χ1n) is 5.36. The number of alkyl halides is 3. The van der Waals surface area contributed by atoms with Gasteiger partial charge >= 0.3 is 6.18 Å². The fraction of sp³-hybridized carbons (Fsp3) is 0.300. The van der Waals surface area contributed by atoms with Gasteiger partial charge in [0.25, 0.3) is 0 Å². The maximum atomic E-state index is 13.2. The molecule has 0 saturated carbocycles. The third-order valence-corrected chi connectivity index (χ3v) is 2.47. The monoisotopic (exact) mass is 293 g/mol. The highest BCUT2D eigenvalue weighted by atomic mass is 19.4. The number of nitrogen functional groups attached to an aromatic ring is 1. The molecule has 0 aliphatic carbocycles. The van der Waals surface area contributed by atoms with E-state index < -0.39 is 30.8 Å². The molecular weight excluding hydrogens is 285 g/mol. The second-order valence-electron chi connectivity index (χ2n) is 3.94. The second-order valence-corrected chi connectivity index (χ2v) is 3.94. The van der Waals surface area contributed by atoms with Gasteiger partial charge in [0.1, 0.15) is 0 Å². The summed E-state index contributed by atoms with van der Waals surface area (Å²) in [5.41, 5.74) is 5.25. The normalized spacial score (nSPS) is 11.8. The number of nitrogens with two attached hydrogens (primary N) is 1. The quantitative estimate of drug-likeness (QED) is 0.695. The summed E-state index contributed by atoms with van der Waals surface area (Å²) < 4.78 is 63.4. The molecule has 0 unspecified atom stereocenters. The van der Waals surface area contributed by atoms with Gasteiger partial charge in [-0.2, -0.15) is 13.2 Å². The second kappa shape index (κ2) is 5.02. The molecule has 2 N–H and O–H groups in total. The Kier molecular flexibility index (Phi) is 3.55. The van der Waals surface area contributed by atoms with E-state index in [0.29, 0.717) is 6.07 Å². The highest BCUT2D eigenvalue weighted by Crippen LogP contribution is 2.27. The Bertz CT molecular complexity index is 621. The van der Waals surface area contributed by atoms with Gasteiger partial charge in [0.15, 0.2) is 17.5 Å². The van der Waals surface area contributed by atoms with Gasteiger partial charge < -0.3 is 5.73 Å². The minimum Gasteiger partial charge on any atom is -0.398 e. The molecule has 0 fully saturated rings. The van der Waals surface area contributed by atoms with Crippen LogP contribution >= 0.6 is 0 Å². The lowest BCUT2D eigenvalue weighted by molar-refractivity contribution is -0.137. The van der Waals surface area contributed by atoms with Gasteiger partial charge in [0.05, 0.1) is 13.0 Å². The van der Waals surface area contributed by atoms with Crippen molar-refractivity contribution in [3.8, 4) is 11.4 Å². The summed E-state index contributed by atoms with van der Waals surface area (Å²) in [5, 5.41) is 10.1. The number of hydrogen-bond donors (Lipinski definition) is 1. The molecular formula is C10H8F5N5. The molecule has 1 heterocycles. The van der Waals surface area contributed by atoms with Crippen molar-refractivity contribution in [2.75, 3.05) is 5.73 Å². The van der Waals surface area contributed by atoms with E-state index in [1.165, 1.54) is 0 Å². The van der Waals surface area contributed by atoms with Crippen molar-refractivity contribution in [3.05, 3.63) is 23.8 Å². The molecule has 1 aromatic carbocycles. The van der Waals surface area contributed by atoms with Crippen LogP contribution in [0.1, 0.15) is 6.42 Å². The van der Waals surface area contributed by atoms with E-state index in [1.807, 2.05) is 0 Å². The molecule has 108 valence electrons. The summed E-state index contributed by atoms with van der Waals surface area (Å²) in [6.45, 7) is -0.551. The van der Waals surface area contributed by atoms with Crippen molar-refractivity contribution < 1.29 is 22.0 Å². The summed E-state index contributed by atoms with van der Waals surface area (Å²) in [6.07, 6.45) is -5.54. The zero-order valence-electron chi connectivity index (χ0n) is 9.82. The summed E-state index contributed by atoms with van der Waals surface area (Å²) in [6, 6.07) is 1.45. The number of halogens is 5. The molecule has 5 nitrogen and oxygen atoms in total. The van der Waals surface area contributed by atoms with Gasteiger partial charge in [-0.05, 0) is 16.5 Å². The number of rotatable bonds is 3. The van der Waals surface area contributed by atoms with E-state index in [9.17, 15) is 22.0 Å². The van der Waals surface area contributed by atoms with Crippen molar-refractivity contribution in [2.45, 2.75) is 19.1 Å². The Morgan fingerprint density at radius 3 is 2.45 bits per heavy atom. The average Bonchev–Trinajstić information content (AvgIpc) is 2.78. The lowest BCUT2D eigenvalue weighted by Crippen LogP contribution is -2.14. The fourth-order valence-corrected chi connectivity index (χ4v) is 1.54. The molecule has 0 radical (unpaired) electrons. The topological polar surface area (TPSA) is 69.6 Å². The number of benzene rings is 1. The minimum atomic E-state index is -4.39. The molecule has 10 heteroatoms. The van der Waals surface area contributed by atoms with Crippen LogP contribution in [0.5, 0.6) is 0 Å².